The fourth-order valence-electron chi connectivity index (χ4n) is 1.99. The fraction of sp³-hybridized carbons (Fsp3) is 0.700. The lowest BCUT2D eigenvalue weighted by atomic mass is 10.2. The number of nitrogens with zero attached hydrogens (tertiary/aromatic N) is 2. The van der Waals surface area contributed by atoms with E-state index in [4.69, 9.17) is 15.6 Å². The zero-order valence-electron chi connectivity index (χ0n) is 9.70. The molecule has 0 aliphatic carbocycles. The van der Waals surface area contributed by atoms with Gasteiger partial charge in [0.25, 0.3) is 0 Å². The summed E-state index contributed by atoms with van der Waals surface area (Å²) < 4.78 is 5.58. The molecule has 1 fully saturated rings. The smallest absolute Gasteiger partial charge is 0.180 e. The standard InChI is InChI=1S/C10H17N3O2S.ClH/c1-7-3-13(4-8(6-14)15-7)5-9-2-12-10(11)16-9;/h2,7-8,14H,3-6H2,1H3,(H2,11,12);1H. The zero-order valence-corrected chi connectivity index (χ0v) is 11.3. The summed E-state index contributed by atoms with van der Waals surface area (Å²) in [5.41, 5.74) is 5.59. The van der Waals surface area contributed by atoms with Crippen molar-refractivity contribution in [1.29, 1.82) is 0 Å². The Balaban J connectivity index is 0.00000144. The molecule has 2 rings (SSSR count). The van der Waals surface area contributed by atoms with Crippen molar-refractivity contribution >= 4 is 28.9 Å². The molecule has 7 heteroatoms. The van der Waals surface area contributed by atoms with Crippen molar-refractivity contribution in [3.63, 3.8) is 0 Å². The third-order valence-corrected chi connectivity index (χ3v) is 3.37. The van der Waals surface area contributed by atoms with E-state index in [-0.39, 0.29) is 31.2 Å². The Labute approximate surface area is 111 Å². The first kappa shape index (κ1) is 14.7. The van der Waals surface area contributed by atoms with Crippen LogP contribution in [0.3, 0.4) is 0 Å². The first-order chi connectivity index (χ1) is 7.67. The summed E-state index contributed by atoms with van der Waals surface area (Å²) in [6.07, 6.45) is 1.90. The second-order valence-electron chi connectivity index (χ2n) is 4.11. The van der Waals surface area contributed by atoms with Gasteiger partial charge in [0, 0.05) is 30.7 Å². The maximum Gasteiger partial charge on any atom is 0.180 e. The van der Waals surface area contributed by atoms with Crippen LogP contribution >= 0.6 is 23.7 Å². The van der Waals surface area contributed by atoms with Gasteiger partial charge in [0.2, 0.25) is 0 Å². The summed E-state index contributed by atoms with van der Waals surface area (Å²) in [6, 6.07) is 0. The van der Waals surface area contributed by atoms with E-state index in [1.54, 1.807) is 0 Å². The van der Waals surface area contributed by atoms with E-state index < -0.39 is 0 Å². The maximum atomic E-state index is 9.12. The Hall–Kier alpha value is -0.400. The van der Waals surface area contributed by atoms with Crippen LogP contribution in [0.5, 0.6) is 0 Å². The Morgan fingerprint density at radius 2 is 2.41 bits per heavy atom. The minimum Gasteiger partial charge on any atom is -0.394 e. The summed E-state index contributed by atoms with van der Waals surface area (Å²) in [5.74, 6) is 0. The van der Waals surface area contributed by atoms with Gasteiger partial charge in [-0.25, -0.2) is 4.98 Å². The highest BCUT2D eigenvalue weighted by molar-refractivity contribution is 7.15. The molecule has 0 amide bonds. The molecule has 2 unspecified atom stereocenters. The molecule has 0 saturated carbocycles. The van der Waals surface area contributed by atoms with Crippen molar-refractivity contribution in [2.24, 2.45) is 0 Å². The van der Waals surface area contributed by atoms with Crippen molar-refractivity contribution in [2.75, 3.05) is 25.4 Å². The molecule has 1 aliphatic rings. The van der Waals surface area contributed by atoms with Gasteiger partial charge in [-0.2, -0.15) is 0 Å². The number of ether oxygens (including phenoxy) is 1. The molecule has 0 bridgehead atoms. The second-order valence-corrected chi connectivity index (χ2v) is 5.26. The van der Waals surface area contributed by atoms with Crippen LogP contribution in [0.1, 0.15) is 11.8 Å². The molecular formula is C10H18ClN3O2S. The van der Waals surface area contributed by atoms with E-state index in [0.29, 0.717) is 5.13 Å². The number of halogens is 1. The minimum absolute atomic E-state index is 0. The molecule has 0 spiro atoms. The number of nitrogen functional groups attached to an aromatic ring is 1. The van der Waals surface area contributed by atoms with Crippen LogP contribution in [0.25, 0.3) is 0 Å². The summed E-state index contributed by atoms with van der Waals surface area (Å²) in [6.45, 7) is 4.58. The fourth-order valence-corrected chi connectivity index (χ4v) is 2.71. The van der Waals surface area contributed by atoms with Gasteiger partial charge in [0.15, 0.2) is 5.13 Å². The number of hydrogen-bond acceptors (Lipinski definition) is 6. The topological polar surface area (TPSA) is 71.6 Å². The van der Waals surface area contributed by atoms with Crippen LogP contribution in [0.4, 0.5) is 5.13 Å². The Morgan fingerprint density at radius 1 is 1.65 bits per heavy atom. The molecule has 5 nitrogen and oxygen atoms in total. The first-order valence-corrected chi connectivity index (χ1v) is 6.18. The highest BCUT2D eigenvalue weighted by atomic mass is 35.5. The van der Waals surface area contributed by atoms with Crippen molar-refractivity contribution in [1.82, 2.24) is 9.88 Å². The van der Waals surface area contributed by atoms with Gasteiger partial charge in [0.1, 0.15) is 0 Å². The monoisotopic (exact) mass is 279 g/mol. The molecule has 0 radical (unpaired) electrons. The molecular weight excluding hydrogens is 262 g/mol. The quantitative estimate of drug-likeness (QED) is 0.853. The van der Waals surface area contributed by atoms with Gasteiger partial charge >= 0.3 is 0 Å². The summed E-state index contributed by atoms with van der Waals surface area (Å²) in [5, 5.41) is 9.72. The van der Waals surface area contributed by atoms with Crippen LogP contribution < -0.4 is 5.73 Å². The molecule has 3 N–H and O–H groups in total. The molecule has 2 heterocycles. The van der Waals surface area contributed by atoms with E-state index in [0.717, 1.165) is 24.5 Å². The van der Waals surface area contributed by atoms with Crippen LogP contribution in [-0.2, 0) is 11.3 Å². The van der Waals surface area contributed by atoms with E-state index in [9.17, 15) is 0 Å². The number of nitrogens with two attached hydrogens (primary N) is 1. The Kier molecular flexibility index (Phi) is 5.61. The highest BCUT2D eigenvalue weighted by Gasteiger charge is 2.24. The van der Waals surface area contributed by atoms with Crippen LogP contribution in [-0.4, -0.2) is 46.9 Å². The summed E-state index contributed by atoms with van der Waals surface area (Å²) in [7, 11) is 0. The van der Waals surface area contributed by atoms with Gasteiger partial charge in [-0.15, -0.1) is 23.7 Å². The predicted octanol–water partition coefficient (Wildman–Crippen LogP) is 0.729. The summed E-state index contributed by atoms with van der Waals surface area (Å²) >= 11 is 1.51. The molecule has 17 heavy (non-hydrogen) atoms. The largest absolute Gasteiger partial charge is 0.394 e. The molecule has 2 atom stereocenters. The van der Waals surface area contributed by atoms with Crippen molar-refractivity contribution < 1.29 is 9.84 Å². The number of morpholine rings is 1. The Bertz CT molecular complexity index is 350. The van der Waals surface area contributed by atoms with Crippen molar-refractivity contribution in [3.8, 4) is 0 Å². The lowest BCUT2D eigenvalue weighted by Crippen LogP contribution is -2.47. The molecule has 1 aromatic rings. The van der Waals surface area contributed by atoms with Crippen LogP contribution in [0, 0.1) is 0 Å². The highest BCUT2D eigenvalue weighted by Crippen LogP contribution is 2.19. The average Bonchev–Trinajstić information content (AvgIpc) is 2.63. The van der Waals surface area contributed by atoms with E-state index >= 15 is 0 Å². The second kappa shape index (κ2) is 6.51. The van der Waals surface area contributed by atoms with Gasteiger partial charge in [-0.05, 0) is 6.92 Å². The number of anilines is 1. The van der Waals surface area contributed by atoms with E-state index in [1.807, 2.05) is 13.1 Å². The molecule has 1 aliphatic heterocycles. The number of aliphatic hydroxyl groups is 1. The van der Waals surface area contributed by atoms with Crippen molar-refractivity contribution in [2.45, 2.75) is 25.7 Å². The summed E-state index contributed by atoms with van der Waals surface area (Å²) in [4.78, 5) is 7.45. The zero-order chi connectivity index (χ0) is 11.5. The normalized spacial score (nSPS) is 25.5. The lowest BCUT2D eigenvalue weighted by molar-refractivity contribution is -0.0970. The average molecular weight is 280 g/mol. The SMILES string of the molecule is CC1CN(Cc2cnc(N)s2)CC(CO)O1.Cl. The third-order valence-electron chi connectivity index (χ3n) is 2.56. The first-order valence-electron chi connectivity index (χ1n) is 5.36. The predicted molar refractivity (Wildman–Crippen MR) is 70.5 cm³/mol. The third kappa shape index (κ3) is 4.08. The number of thiazole rings is 1. The minimum atomic E-state index is -0.0750. The van der Waals surface area contributed by atoms with Gasteiger partial charge in [-0.3, -0.25) is 4.90 Å². The molecule has 1 saturated heterocycles. The lowest BCUT2D eigenvalue weighted by Gasteiger charge is -2.35. The molecule has 1 aromatic heterocycles. The van der Waals surface area contributed by atoms with Gasteiger partial charge < -0.3 is 15.6 Å². The maximum absolute atomic E-state index is 9.12. The number of hydrogen-bond donors (Lipinski definition) is 2. The van der Waals surface area contributed by atoms with E-state index in [2.05, 4.69) is 9.88 Å². The molecule has 98 valence electrons. The number of aromatic nitrogens is 1. The van der Waals surface area contributed by atoms with E-state index in [1.165, 1.54) is 11.3 Å². The van der Waals surface area contributed by atoms with Gasteiger partial charge in [-0.1, -0.05) is 0 Å². The number of aliphatic hydroxyl groups excluding tert-OH is 1. The van der Waals surface area contributed by atoms with Crippen molar-refractivity contribution in [3.05, 3.63) is 11.1 Å². The molecule has 0 aromatic carbocycles. The number of rotatable bonds is 3. The van der Waals surface area contributed by atoms with Gasteiger partial charge in [0.05, 0.1) is 18.8 Å². The van der Waals surface area contributed by atoms with Crippen LogP contribution in [0.15, 0.2) is 6.20 Å². The van der Waals surface area contributed by atoms with Crippen LogP contribution in [0.2, 0.25) is 0 Å². The Morgan fingerprint density at radius 3 is 3.00 bits per heavy atom.